The van der Waals surface area contributed by atoms with Gasteiger partial charge < -0.3 is 14.6 Å². The molecule has 0 amide bonds. The molecular formula is C29H31NO5S2. The molecule has 1 aromatic heterocycles. The molecule has 0 spiro atoms. The second kappa shape index (κ2) is 11.1. The molecule has 0 atom stereocenters. The van der Waals surface area contributed by atoms with Crippen molar-refractivity contribution >= 4 is 31.9 Å². The van der Waals surface area contributed by atoms with Gasteiger partial charge in [-0.25, -0.2) is 8.42 Å². The van der Waals surface area contributed by atoms with Crippen LogP contribution in [0.3, 0.4) is 0 Å². The molecule has 0 radical (unpaired) electrons. The predicted octanol–water partition coefficient (Wildman–Crippen LogP) is 6.72. The molecule has 4 aromatic rings. The summed E-state index contributed by atoms with van der Waals surface area (Å²) in [6.07, 6.45) is 3.86. The van der Waals surface area contributed by atoms with Crippen LogP contribution in [0.5, 0.6) is 23.0 Å². The van der Waals surface area contributed by atoms with E-state index in [-0.39, 0.29) is 11.5 Å². The van der Waals surface area contributed by atoms with Crippen LogP contribution in [0, 0.1) is 0 Å². The summed E-state index contributed by atoms with van der Waals surface area (Å²) in [7, 11) is -3.30. The van der Waals surface area contributed by atoms with Crippen molar-refractivity contribution in [2.45, 2.75) is 30.4 Å². The van der Waals surface area contributed by atoms with Crippen LogP contribution in [0.25, 0.3) is 21.2 Å². The first-order chi connectivity index (χ1) is 17.9. The normalized spacial score (nSPS) is 14.6. The summed E-state index contributed by atoms with van der Waals surface area (Å²) in [4.78, 5) is 3.25. The molecule has 0 bridgehead atoms. The molecule has 1 fully saturated rings. The van der Waals surface area contributed by atoms with Gasteiger partial charge in [0.1, 0.15) is 33.8 Å². The molecule has 0 saturated carbocycles. The minimum absolute atomic E-state index is 0.0553. The van der Waals surface area contributed by atoms with Crippen molar-refractivity contribution in [3.05, 3.63) is 66.7 Å². The number of phenolic OH excluding ortho intramolecular Hbond substituents is 1. The van der Waals surface area contributed by atoms with E-state index in [4.69, 9.17) is 9.47 Å². The maximum absolute atomic E-state index is 12.4. The number of rotatable bonds is 9. The van der Waals surface area contributed by atoms with Crippen molar-refractivity contribution in [1.82, 2.24) is 4.90 Å². The van der Waals surface area contributed by atoms with E-state index in [0.29, 0.717) is 22.3 Å². The van der Waals surface area contributed by atoms with Gasteiger partial charge in [0, 0.05) is 22.4 Å². The Labute approximate surface area is 222 Å². The zero-order valence-corrected chi connectivity index (χ0v) is 22.5. The van der Waals surface area contributed by atoms with Crippen LogP contribution >= 0.6 is 11.3 Å². The molecule has 8 heteroatoms. The monoisotopic (exact) mass is 537 g/mol. The fourth-order valence-corrected chi connectivity index (χ4v) is 7.01. The van der Waals surface area contributed by atoms with Gasteiger partial charge in [-0.2, -0.15) is 0 Å². The van der Waals surface area contributed by atoms with E-state index < -0.39 is 9.84 Å². The smallest absolute Gasteiger partial charge is 0.187 e. The number of ether oxygens (including phenoxy) is 2. The molecule has 37 heavy (non-hydrogen) atoms. The molecule has 2 heterocycles. The second-order valence-electron chi connectivity index (χ2n) is 9.19. The molecule has 1 saturated heterocycles. The lowest BCUT2D eigenvalue weighted by Gasteiger charge is -2.26. The molecule has 1 N–H and O–H groups in total. The van der Waals surface area contributed by atoms with Crippen molar-refractivity contribution in [3.63, 3.8) is 0 Å². The van der Waals surface area contributed by atoms with Gasteiger partial charge in [0.25, 0.3) is 0 Å². The van der Waals surface area contributed by atoms with Crippen molar-refractivity contribution in [1.29, 1.82) is 0 Å². The highest BCUT2D eigenvalue weighted by Crippen LogP contribution is 2.43. The van der Waals surface area contributed by atoms with Crippen LogP contribution < -0.4 is 9.47 Å². The lowest BCUT2D eigenvalue weighted by Crippen LogP contribution is -2.33. The Balaban J connectivity index is 1.39. The molecule has 0 aliphatic carbocycles. The number of nitrogens with zero attached hydrogens (tertiary/aromatic N) is 1. The summed E-state index contributed by atoms with van der Waals surface area (Å²) in [5.74, 6) is 2.27. The molecule has 194 valence electrons. The van der Waals surface area contributed by atoms with E-state index in [1.54, 1.807) is 25.1 Å². The second-order valence-corrected chi connectivity index (χ2v) is 12.8. The van der Waals surface area contributed by atoms with Crippen molar-refractivity contribution in [2.24, 2.45) is 0 Å². The number of aromatic hydroxyl groups is 1. The Morgan fingerprint density at radius 2 is 1.68 bits per heavy atom. The number of fused-ring (bicyclic) bond motifs is 1. The zero-order chi connectivity index (χ0) is 25.8. The molecule has 6 nitrogen and oxygen atoms in total. The van der Waals surface area contributed by atoms with E-state index in [1.807, 2.05) is 48.5 Å². The average molecular weight is 538 g/mol. The third kappa shape index (κ3) is 5.92. The van der Waals surface area contributed by atoms with Gasteiger partial charge >= 0.3 is 0 Å². The summed E-state index contributed by atoms with van der Waals surface area (Å²) >= 11 is 1.24. The SMILES string of the molecule is CCS(=O)(=O)c1ccc(-c2ccc3cc(O)ccc3c2Oc2ccc(OCCN3CCCCC3)cc2)s1. The highest BCUT2D eigenvalue weighted by Gasteiger charge is 2.19. The van der Waals surface area contributed by atoms with Gasteiger partial charge in [0.05, 0.1) is 5.75 Å². The van der Waals surface area contributed by atoms with Crippen LogP contribution in [-0.2, 0) is 9.84 Å². The van der Waals surface area contributed by atoms with Crippen molar-refractivity contribution in [3.8, 4) is 33.4 Å². The summed E-state index contributed by atoms with van der Waals surface area (Å²) in [5, 5.41) is 11.6. The van der Waals surface area contributed by atoms with E-state index in [2.05, 4.69) is 4.90 Å². The lowest BCUT2D eigenvalue weighted by atomic mass is 10.0. The van der Waals surface area contributed by atoms with Gasteiger partial charge in [-0.3, -0.25) is 4.90 Å². The third-order valence-corrected chi connectivity index (χ3v) is 10.1. The van der Waals surface area contributed by atoms with Crippen LogP contribution in [0.2, 0.25) is 0 Å². The first kappa shape index (κ1) is 25.6. The van der Waals surface area contributed by atoms with Crippen molar-refractivity contribution < 1.29 is 23.0 Å². The lowest BCUT2D eigenvalue weighted by molar-refractivity contribution is 0.183. The number of piperidine rings is 1. The number of sulfone groups is 1. The van der Waals surface area contributed by atoms with E-state index in [1.165, 1.54) is 30.6 Å². The number of likely N-dealkylation sites (tertiary alicyclic amines) is 1. The van der Waals surface area contributed by atoms with E-state index in [0.717, 1.165) is 46.6 Å². The topological polar surface area (TPSA) is 76.1 Å². The molecular weight excluding hydrogens is 506 g/mol. The fraction of sp³-hybridized carbons (Fsp3) is 0.310. The molecule has 1 aliphatic heterocycles. The standard InChI is InChI=1S/C29H31NO5S2/c1-2-37(32,33)28-15-14-27(36-28)26-12-6-21-20-22(31)7-13-25(21)29(26)35-24-10-8-23(9-11-24)34-19-18-30-16-4-3-5-17-30/h6-15,20,31H,2-5,16-19H2,1H3. The molecule has 5 rings (SSSR count). The molecule has 1 aliphatic rings. The fourth-order valence-electron chi connectivity index (χ4n) is 4.56. The van der Waals surface area contributed by atoms with Gasteiger partial charge in [0.2, 0.25) is 0 Å². The largest absolute Gasteiger partial charge is 0.508 e. The summed E-state index contributed by atoms with van der Waals surface area (Å²) < 4.78 is 37.5. The van der Waals surface area contributed by atoms with Gasteiger partial charge in [0.15, 0.2) is 9.84 Å². The van der Waals surface area contributed by atoms with Gasteiger partial charge in [-0.15, -0.1) is 11.3 Å². The Morgan fingerprint density at radius 1 is 0.919 bits per heavy atom. The molecule has 0 unspecified atom stereocenters. The molecule has 3 aromatic carbocycles. The van der Waals surface area contributed by atoms with Crippen molar-refractivity contribution in [2.75, 3.05) is 32.0 Å². The zero-order valence-electron chi connectivity index (χ0n) is 20.9. The number of thiophene rings is 1. The number of phenols is 1. The maximum Gasteiger partial charge on any atom is 0.187 e. The van der Waals surface area contributed by atoms with Crippen LogP contribution in [0.4, 0.5) is 0 Å². The average Bonchev–Trinajstić information content (AvgIpc) is 3.41. The first-order valence-corrected chi connectivity index (χ1v) is 15.1. The minimum Gasteiger partial charge on any atom is -0.508 e. The van der Waals surface area contributed by atoms with Crippen LogP contribution in [0.15, 0.2) is 70.9 Å². The number of benzene rings is 3. The van der Waals surface area contributed by atoms with Gasteiger partial charge in [-0.1, -0.05) is 19.4 Å². The van der Waals surface area contributed by atoms with Gasteiger partial charge in [-0.05, 0) is 92.0 Å². The highest BCUT2D eigenvalue weighted by molar-refractivity contribution is 7.93. The van der Waals surface area contributed by atoms with E-state index in [9.17, 15) is 13.5 Å². The van der Waals surface area contributed by atoms with Crippen LogP contribution in [-0.4, -0.2) is 50.4 Å². The van der Waals surface area contributed by atoms with Crippen LogP contribution in [0.1, 0.15) is 26.2 Å². The number of hydrogen-bond donors (Lipinski definition) is 1. The summed E-state index contributed by atoms with van der Waals surface area (Å²) in [6, 6.07) is 20.0. The highest BCUT2D eigenvalue weighted by atomic mass is 32.2. The summed E-state index contributed by atoms with van der Waals surface area (Å²) in [6.45, 7) is 5.53. The quantitative estimate of drug-likeness (QED) is 0.255. The predicted molar refractivity (Wildman–Crippen MR) is 149 cm³/mol. The Hall–Kier alpha value is -3.07. The Kier molecular flexibility index (Phi) is 7.69. The number of hydrogen-bond acceptors (Lipinski definition) is 7. The Morgan fingerprint density at radius 3 is 2.43 bits per heavy atom. The Bertz CT molecular complexity index is 1470. The maximum atomic E-state index is 12.4. The first-order valence-electron chi connectivity index (χ1n) is 12.6. The minimum atomic E-state index is -3.30. The van der Waals surface area contributed by atoms with E-state index >= 15 is 0 Å². The third-order valence-electron chi connectivity index (χ3n) is 6.66. The summed E-state index contributed by atoms with van der Waals surface area (Å²) in [5.41, 5.74) is 0.794.